The van der Waals surface area contributed by atoms with Crippen LogP contribution in [0.5, 0.6) is 0 Å². The van der Waals surface area contributed by atoms with Gasteiger partial charge in [-0.25, -0.2) is 0 Å². The maximum absolute atomic E-state index is 14.9. The fraction of sp³-hybridized carbons (Fsp3) is 0.273. The lowest BCUT2D eigenvalue weighted by atomic mass is 9.55. The van der Waals surface area contributed by atoms with E-state index in [2.05, 4.69) is 5.32 Å². The van der Waals surface area contributed by atoms with Crippen molar-refractivity contribution >= 4 is 74.6 Å². The highest BCUT2D eigenvalue weighted by Crippen LogP contribution is 2.40. The van der Waals surface area contributed by atoms with Crippen LogP contribution in [-0.4, -0.2) is 78.1 Å². The zero-order valence-electron chi connectivity index (χ0n) is 21.2. The van der Waals surface area contributed by atoms with Gasteiger partial charge in [0.15, 0.2) is 0 Å². The van der Waals surface area contributed by atoms with Crippen LogP contribution in [0.3, 0.4) is 0 Å². The average Bonchev–Trinajstić information content (AvgIpc) is 3.17. The molecule has 0 saturated carbocycles. The Morgan fingerprint density at radius 1 is 1.08 bits per heavy atom. The number of hydrogen-bond donors (Lipinski definition) is 1. The van der Waals surface area contributed by atoms with Crippen molar-refractivity contribution in [2.75, 3.05) is 0 Å². The first kappa shape index (κ1) is 27.0. The van der Waals surface area contributed by atoms with Crippen LogP contribution in [0.4, 0.5) is 8.78 Å². The molecule has 2 aliphatic rings. The second-order valence-corrected chi connectivity index (χ2v) is 10.9. The zero-order valence-corrected chi connectivity index (χ0v) is 22.0. The quantitative estimate of drug-likeness (QED) is 0.353. The molecule has 2 aromatic rings. The van der Waals surface area contributed by atoms with Crippen molar-refractivity contribution in [3.63, 3.8) is 0 Å². The number of carbonyl (C=O) groups excluding carboxylic acids is 4. The number of benzene rings is 2. The number of fused-ring (bicyclic) bond motifs is 1. The van der Waals surface area contributed by atoms with Gasteiger partial charge in [-0.15, -0.1) is 0 Å². The number of alkyl halides is 2. The number of carbonyl (C=O) groups is 4. The van der Waals surface area contributed by atoms with E-state index in [9.17, 15) is 28.0 Å². The monoisotopic (exact) mass is 521 g/mol. The molecular formula is C22H23B5ClF2N3O4. The molecule has 2 aliphatic heterocycles. The van der Waals surface area contributed by atoms with E-state index in [1.54, 1.807) is 49.6 Å². The van der Waals surface area contributed by atoms with Crippen LogP contribution in [0.2, 0.25) is 10.8 Å². The molecule has 7 nitrogen and oxygen atoms in total. The van der Waals surface area contributed by atoms with Crippen molar-refractivity contribution in [2.45, 2.75) is 35.5 Å². The molecule has 2 aromatic carbocycles. The van der Waals surface area contributed by atoms with Gasteiger partial charge in [0, 0.05) is 34.5 Å². The van der Waals surface area contributed by atoms with Crippen molar-refractivity contribution < 1.29 is 28.0 Å². The summed E-state index contributed by atoms with van der Waals surface area (Å²) in [6.07, 6.45) is 0.130. The predicted molar refractivity (Wildman–Crippen MR) is 147 cm³/mol. The molecule has 2 heterocycles. The molecule has 0 aliphatic carbocycles. The summed E-state index contributed by atoms with van der Waals surface area (Å²) in [6, 6.07) is 9.65. The number of piperidine rings is 1. The molecule has 0 aromatic heterocycles. The first-order chi connectivity index (χ1) is 17.1. The van der Waals surface area contributed by atoms with Crippen LogP contribution in [0, 0.1) is 0 Å². The van der Waals surface area contributed by atoms with Crippen LogP contribution in [0.15, 0.2) is 42.5 Å². The van der Waals surface area contributed by atoms with E-state index in [1.807, 2.05) is 0 Å². The number of amides is 4. The fourth-order valence-electron chi connectivity index (χ4n) is 4.95. The van der Waals surface area contributed by atoms with Crippen LogP contribution < -0.4 is 5.32 Å². The Morgan fingerprint density at radius 3 is 2.30 bits per heavy atom. The molecule has 0 bridgehead atoms. The molecule has 1 saturated heterocycles. The SMILES string of the molecule is BC1CC(=O)N(B)C(=O)[C@]1(B)N1Cc2cc(C(B)(B)NC(=O)C(F)(F)c3ccc(Cl)cc3)ccc2C1=O. The third kappa shape index (κ3) is 4.39. The van der Waals surface area contributed by atoms with Crippen molar-refractivity contribution in [1.82, 2.24) is 15.0 Å². The Kier molecular flexibility index (Phi) is 6.63. The van der Waals surface area contributed by atoms with E-state index in [0.717, 1.165) is 16.9 Å². The number of rotatable bonds is 5. The van der Waals surface area contributed by atoms with Crippen LogP contribution in [0.25, 0.3) is 0 Å². The first-order valence-electron chi connectivity index (χ1n) is 11.8. The van der Waals surface area contributed by atoms with Gasteiger partial charge in [0.25, 0.3) is 11.8 Å². The number of halogens is 3. The number of nitrogens with one attached hydrogen (secondary N) is 1. The molecule has 1 fully saturated rings. The average molecular weight is 521 g/mol. The lowest BCUT2D eigenvalue weighted by molar-refractivity contribution is -0.148. The molecule has 37 heavy (non-hydrogen) atoms. The number of imide groups is 1. The van der Waals surface area contributed by atoms with E-state index >= 15 is 0 Å². The Morgan fingerprint density at radius 2 is 1.68 bits per heavy atom. The smallest absolute Gasteiger partial charge is 0.349 e. The summed E-state index contributed by atoms with van der Waals surface area (Å²) in [5, 5.41) is 1.49. The molecular weight excluding hydrogens is 498 g/mol. The maximum atomic E-state index is 14.9. The minimum absolute atomic E-state index is 0.113. The third-order valence-corrected chi connectivity index (χ3v) is 7.91. The highest BCUT2D eigenvalue weighted by atomic mass is 35.5. The summed E-state index contributed by atoms with van der Waals surface area (Å²) < 4.78 is 29.7. The maximum Gasteiger partial charge on any atom is 0.349 e. The second-order valence-electron chi connectivity index (χ2n) is 10.4. The zero-order chi connectivity index (χ0) is 27.5. The van der Waals surface area contributed by atoms with E-state index in [-0.39, 0.29) is 29.8 Å². The largest absolute Gasteiger partial charge is 0.357 e. The molecule has 1 unspecified atom stereocenters. The van der Waals surface area contributed by atoms with E-state index in [0.29, 0.717) is 16.7 Å². The molecule has 15 heteroatoms. The Bertz CT molecular complexity index is 1330. The summed E-state index contributed by atoms with van der Waals surface area (Å²) >= 11 is 5.77. The van der Waals surface area contributed by atoms with E-state index < -0.39 is 39.9 Å². The van der Waals surface area contributed by atoms with Gasteiger partial charge >= 0.3 is 5.92 Å². The van der Waals surface area contributed by atoms with Gasteiger partial charge < -0.3 is 15.0 Å². The summed E-state index contributed by atoms with van der Waals surface area (Å²) in [5.41, 5.74) is -0.193. The lowest BCUT2D eigenvalue weighted by Crippen LogP contribution is -2.66. The number of nitrogens with zero attached hydrogens (tertiary/aromatic N) is 2. The van der Waals surface area contributed by atoms with E-state index in [1.165, 1.54) is 25.0 Å². The molecule has 186 valence electrons. The standard InChI is InChI=1S/C22H23B5ClF2N3O4/c23-15-8-16(34)33(27)19(37)20(15,24)32-9-10-7-12(3-6-14(10)17(32)35)22(25,26)31-18(36)21(29,30)11-1-4-13(28)5-2-11/h1-7,15H,8-9,23-27H2,(H,31,36)/t15?,20-/m1/s1. The number of hydrogen-bond acceptors (Lipinski definition) is 4. The topological polar surface area (TPSA) is 86.8 Å². The summed E-state index contributed by atoms with van der Waals surface area (Å²) in [7, 11) is 8.02. The van der Waals surface area contributed by atoms with Gasteiger partial charge in [-0.2, -0.15) is 8.78 Å². The van der Waals surface area contributed by atoms with Gasteiger partial charge in [0.05, 0.1) is 5.44 Å². The van der Waals surface area contributed by atoms with Crippen molar-refractivity contribution in [3.8, 4) is 0 Å². The summed E-state index contributed by atoms with van der Waals surface area (Å²) in [4.78, 5) is 53.7. The Labute approximate surface area is 222 Å². The van der Waals surface area contributed by atoms with Crippen molar-refractivity contribution in [2.24, 2.45) is 0 Å². The molecule has 1 N–H and O–H groups in total. The first-order valence-corrected chi connectivity index (χ1v) is 12.2. The molecule has 0 radical (unpaired) electrons. The summed E-state index contributed by atoms with van der Waals surface area (Å²) in [5.74, 6) is -6.75. The predicted octanol–water partition coefficient (Wildman–Crippen LogP) is -2.36. The highest BCUT2D eigenvalue weighted by molar-refractivity contribution is 6.43. The minimum Gasteiger partial charge on any atom is -0.357 e. The third-order valence-electron chi connectivity index (χ3n) is 7.66. The van der Waals surface area contributed by atoms with Crippen LogP contribution in [0.1, 0.15) is 33.5 Å². The lowest BCUT2D eigenvalue weighted by Gasteiger charge is -2.47. The van der Waals surface area contributed by atoms with Crippen molar-refractivity contribution in [3.05, 3.63) is 69.7 Å². The van der Waals surface area contributed by atoms with Gasteiger partial charge in [-0.1, -0.05) is 35.9 Å². The Hall–Kier alpha value is -3.01. The highest BCUT2D eigenvalue weighted by Gasteiger charge is 2.53. The normalized spacial score (nSPS) is 22.2. The van der Waals surface area contributed by atoms with Gasteiger partial charge in [-0.05, 0) is 35.1 Å². The van der Waals surface area contributed by atoms with Gasteiger partial charge in [0.2, 0.25) is 19.8 Å². The van der Waals surface area contributed by atoms with Crippen LogP contribution in [-0.2, 0) is 32.2 Å². The molecule has 2 atom stereocenters. The molecule has 4 amide bonds. The van der Waals surface area contributed by atoms with E-state index in [4.69, 9.17) is 11.6 Å². The Balaban J connectivity index is 1.59. The van der Waals surface area contributed by atoms with Gasteiger partial charge in [0.1, 0.15) is 31.4 Å². The van der Waals surface area contributed by atoms with Crippen molar-refractivity contribution in [1.29, 1.82) is 0 Å². The molecule has 0 spiro atoms. The fourth-order valence-corrected chi connectivity index (χ4v) is 5.08. The summed E-state index contributed by atoms with van der Waals surface area (Å²) in [6.45, 7) is 0.113. The van der Waals surface area contributed by atoms with Crippen LogP contribution >= 0.6 is 11.6 Å². The van der Waals surface area contributed by atoms with Gasteiger partial charge in [-0.3, -0.25) is 19.2 Å². The molecule has 4 rings (SSSR count). The minimum atomic E-state index is -3.79. The second kappa shape index (κ2) is 9.08.